The van der Waals surface area contributed by atoms with E-state index in [1.807, 2.05) is 54.7 Å². The molecule has 1 saturated heterocycles. The average Bonchev–Trinajstić information content (AvgIpc) is 3.41. The molecule has 1 aromatic heterocycles. The molecule has 35 heavy (non-hydrogen) atoms. The van der Waals surface area contributed by atoms with Gasteiger partial charge in [0.2, 0.25) is 0 Å². The van der Waals surface area contributed by atoms with Crippen molar-refractivity contribution in [3.05, 3.63) is 101 Å². The van der Waals surface area contributed by atoms with Gasteiger partial charge in [0, 0.05) is 28.5 Å². The number of amides is 1. The maximum atomic E-state index is 13.7. The molecule has 8 heteroatoms. The Morgan fingerprint density at radius 2 is 1.71 bits per heavy atom. The molecular formula is C27H24BrFN4O2. The van der Waals surface area contributed by atoms with Crippen LogP contribution in [0, 0.1) is 5.82 Å². The summed E-state index contributed by atoms with van der Waals surface area (Å²) in [6.07, 6.45) is 1.28. The molecule has 0 bridgehead atoms. The van der Waals surface area contributed by atoms with Gasteiger partial charge in [-0.3, -0.25) is 4.79 Å². The molecule has 2 heterocycles. The third kappa shape index (κ3) is 4.85. The summed E-state index contributed by atoms with van der Waals surface area (Å²) >= 11 is 3.46. The number of nitrogens with zero attached hydrogens (tertiary/aromatic N) is 3. The second kappa shape index (κ2) is 9.64. The van der Waals surface area contributed by atoms with Crippen LogP contribution in [0.5, 0.6) is 0 Å². The zero-order valence-electron chi connectivity index (χ0n) is 19.1. The molecular weight excluding hydrogens is 511 g/mol. The molecule has 0 radical (unpaired) electrons. The fourth-order valence-corrected chi connectivity index (χ4v) is 4.46. The quantitative estimate of drug-likeness (QED) is 0.331. The third-order valence-electron chi connectivity index (χ3n) is 6.09. The van der Waals surface area contributed by atoms with Crippen molar-refractivity contribution in [2.75, 3.05) is 12.3 Å². The first kappa shape index (κ1) is 23.3. The zero-order valence-corrected chi connectivity index (χ0v) is 20.7. The molecule has 1 amide bonds. The van der Waals surface area contributed by atoms with Crippen molar-refractivity contribution in [1.29, 1.82) is 0 Å². The lowest BCUT2D eigenvalue weighted by atomic mass is 10.1. The van der Waals surface area contributed by atoms with Gasteiger partial charge in [0.15, 0.2) is 6.23 Å². The molecule has 6 nitrogen and oxygen atoms in total. The highest BCUT2D eigenvalue weighted by atomic mass is 79.9. The lowest BCUT2D eigenvalue weighted by Gasteiger charge is -2.23. The van der Waals surface area contributed by atoms with Crippen LogP contribution in [0.1, 0.15) is 24.4 Å². The summed E-state index contributed by atoms with van der Waals surface area (Å²) in [7, 11) is 0. The van der Waals surface area contributed by atoms with E-state index in [1.165, 1.54) is 12.1 Å². The van der Waals surface area contributed by atoms with Gasteiger partial charge in [-0.25, -0.2) is 9.07 Å². The van der Waals surface area contributed by atoms with Crippen molar-refractivity contribution in [1.82, 2.24) is 14.7 Å². The number of ether oxygens (including phenoxy) is 1. The Morgan fingerprint density at radius 1 is 1.03 bits per heavy atom. The average molecular weight is 535 g/mol. The Labute approximate surface area is 211 Å². The van der Waals surface area contributed by atoms with Crippen LogP contribution in [0.25, 0.3) is 16.8 Å². The highest BCUT2D eigenvalue weighted by Gasteiger charge is 2.41. The molecule has 0 aliphatic carbocycles. The molecule has 178 valence electrons. The maximum absolute atomic E-state index is 13.7. The summed E-state index contributed by atoms with van der Waals surface area (Å²) in [5.41, 5.74) is 10.6. The lowest BCUT2D eigenvalue weighted by molar-refractivity contribution is -0.130. The fraction of sp³-hybridized carbons (Fsp3) is 0.185. The largest absolute Gasteiger partial charge is 0.399 e. The van der Waals surface area contributed by atoms with Gasteiger partial charge in [-0.05, 0) is 73.0 Å². The van der Waals surface area contributed by atoms with Crippen molar-refractivity contribution in [3.8, 4) is 16.8 Å². The van der Waals surface area contributed by atoms with Gasteiger partial charge in [-0.1, -0.05) is 40.2 Å². The number of rotatable bonds is 6. The molecule has 5 rings (SSSR count). The molecule has 4 aromatic rings. The van der Waals surface area contributed by atoms with E-state index in [-0.39, 0.29) is 11.7 Å². The summed E-state index contributed by atoms with van der Waals surface area (Å²) in [4.78, 5) is 14.8. The van der Waals surface area contributed by atoms with E-state index in [4.69, 9.17) is 15.6 Å². The molecule has 1 aliphatic rings. The van der Waals surface area contributed by atoms with Gasteiger partial charge >= 0.3 is 0 Å². The Balaban J connectivity index is 1.53. The maximum Gasteiger partial charge on any atom is 0.253 e. The normalized spacial score (nSPS) is 17.8. The van der Waals surface area contributed by atoms with Gasteiger partial charge in [-0.15, -0.1) is 0 Å². The van der Waals surface area contributed by atoms with Crippen molar-refractivity contribution >= 4 is 27.5 Å². The number of halogens is 2. The molecule has 0 unspecified atom stereocenters. The van der Waals surface area contributed by atoms with Crippen LogP contribution in [0.4, 0.5) is 10.1 Å². The van der Waals surface area contributed by atoms with Crippen LogP contribution in [0.3, 0.4) is 0 Å². The first-order valence-electron chi connectivity index (χ1n) is 11.3. The Bertz CT molecular complexity index is 1340. The minimum absolute atomic E-state index is 0.0892. The van der Waals surface area contributed by atoms with E-state index in [0.29, 0.717) is 24.3 Å². The monoisotopic (exact) mass is 534 g/mol. The van der Waals surface area contributed by atoms with Crippen LogP contribution >= 0.6 is 15.9 Å². The van der Waals surface area contributed by atoms with E-state index in [0.717, 1.165) is 26.9 Å². The Hall–Kier alpha value is -3.49. The van der Waals surface area contributed by atoms with E-state index >= 15 is 0 Å². The predicted octanol–water partition coefficient (Wildman–Crippen LogP) is 5.51. The minimum Gasteiger partial charge on any atom is -0.399 e. The van der Waals surface area contributed by atoms with Crippen molar-refractivity contribution in [2.24, 2.45) is 0 Å². The molecule has 0 saturated carbocycles. The standard InChI is InChI=1S/C27H24BrFN4O2/c1-17-26(34)32(15-14-18-2-10-22(30)11-3-18)27(35-17)25-24(19-4-8-21(29)9-5-19)16-33(31-25)23-12-6-20(28)7-13-23/h2-13,16-17,27H,14-15,30H2,1H3/t17-,27+/m1/s1. The first-order chi connectivity index (χ1) is 16.9. The molecule has 1 aliphatic heterocycles. The van der Waals surface area contributed by atoms with Crippen LogP contribution in [0.2, 0.25) is 0 Å². The minimum atomic E-state index is -0.664. The van der Waals surface area contributed by atoms with Crippen LogP contribution in [-0.4, -0.2) is 33.2 Å². The highest BCUT2D eigenvalue weighted by Crippen LogP contribution is 2.37. The smallest absolute Gasteiger partial charge is 0.253 e. The van der Waals surface area contributed by atoms with Crippen LogP contribution in [-0.2, 0) is 16.0 Å². The predicted molar refractivity (Wildman–Crippen MR) is 136 cm³/mol. The topological polar surface area (TPSA) is 73.4 Å². The van der Waals surface area contributed by atoms with E-state index in [1.54, 1.807) is 28.6 Å². The fourth-order valence-electron chi connectivity index (χ4n) is 4.20. The summed E-state index contributed by atoms with van der Waals surface area (Å²) in [5, 5.41) is 4.85. The SMILES string of the molecule is C[C@H]1O[C@@H](c2nn(-c3ccc(Br)cc3)cc2-c2ccc(F)cc2)N(CCc2ccc(N)cc2)C1=O. The number of anilines is 1. The summed E-state index contributed by atoms with van der Waals surface area (Å²) in [6, 6.07) is 21.6. The number of carbonyl (C=O) groups excluding carboxylic acids is 1. The number of hydrogen-bond acceptors (Lipinski definition) is 4. The Kier molecular flexibility index (Phi) is 6.40. The summed E-state index contributed by atoms with van der Waals surface area (Å²) in [5.74, 6) is -0.407. The van der Waals surface area contributed by atoms with Crippen molar-refractivity contribution in [2.45, 2.75) is 25.7 Å². The number of benzene rings is 3. The van der Waals surface area contributed by atoms with E-state index in [9.17, 15) is 9.18 Å². The van der Waals surface area contributed by atoms with E-state index in [2.05, 4.69) is 15.9 Å². The summed E-state index contributed by atoms with van der Waals surface area (Å²) < 4.78 is 22.5. The van der Waals surface area contributed by atoms with Gasteiger partial charge < -0.3 is 15.4 Å². The van der Waals surface area contributed by atoms with Crippen molar-refractivity contribution in [3.63, 3.8) is 0 Å². The molecule has 0 spiro atoms. The van der Waals surface area contributed by atoms with Crippen molar-refractivity contribution < 1.29 is 13.9 Å². The van der Waals surface area contributed by atoms with Gasteiger partial charge in [0.1, 0.15) is 17.6 Å². The highest BCUT2D eigenvalue weighted by molar-refractivity contribution is 9.10. The van der Waals surface area contributed by atoms with Crippen LogP contribution < -0.4 is 5.73 Å². The number of nitrogen functional groups attached to an aromatic ring is 1. The molecule has 3 aromatic carbocycles. The molecule has 2 N–H and O–H groups in total. The second-order valence-electron chi connectivity index (χ2n) is 8.51. The number of hydrogen-bond donors (Lipinski definition) is 1. The number of aromatic nitrogens is 2. The number of carbonyl (C=O) groups is 1. The zero-order chi connectivity index (χ0) is 24.5. The first-order valence-corrected chi connectivity index (χ1v) is 12.1. The molecule has 1 fully saturated rings. The van der Waals surface area contributed by atoms with E-state index < -0.39 is 12.3 Å². The lowest BCUT2D eigenvalue weighted by Crippen LogP contribution is -2.32. The van der Waals surface area contributed by atoms with Gasteiger partial charge in [0.05, 0.1) is 5.69 Å². The Morgan fingerprint density at radius 3 is 2.40 bits per heavy atom. The second-order valence-corrected chi connectivity index (χ2v) is 9.43. The van der Waals surface area contributed by atoms with Crippen LogP contribution in [0.15, 0.2) is 83.5 Å². The van der Waals surface area contributed by atoms with Gasteiger partial charge in [0.25, 0.3) is 5.91 Å². The molecule has 2 atom stereocenters. The number of nitrogens with two attached hydrogens (primary N) is 1. The third-order valence-corrected chi connectivity index (χ3v) is 6.62. The summed E-state index contributed by atoms with van der Waals surface area (Å²) in [6.45, 7) is 2.22. The van der Waals surface area contributed by atoms with Gasteiger partial charge in [-0.2, -0.15) is 5.10 Å².